The lowest BCUT2D eigenvalue weighted by atomic mass is 9.90. The van der Waals surface area contributed by atoms with E-state index < -0.39 is 17.8 Å². The molecule has 1 aliphatic heterocycles. The van der Waals surface area contributed by atoms with Crippen molar-refractivity contribution in [3.8, 4) is 0 Å². The number of hydrogen-bond acceptors (Lipinski definition) is 2. The van der Waals surface area contributed by atoms with Crippen molar-refractivity contribution < 1.29 is 18.0 Å². The standard InChI is InChI=1S/C19H22F3N3O/c1-24-17(19(20,21)22)13-16(23-24)18(26)25-11-9-15(10-12-25)8-7-14-5-3-2-4-6-14/h2-6,13,15H,7-12H2,1H3. The largest absolute Gasteiger partial charge is 0.433 e. The van der Waals surface area contributed by atoms with Crippen LogP contribution in [-0.2, 0) is 19.6 Å². The molecule has 1 aromatic heterocycles. The summed E-state index contributed by atoms with van der Waals surface area (Å²) in [5.41, 5.74) is 0.264. The van der Waals surface area contributed by atoms with Gasteiger partial charge in [-0.05, 0) is 37.2 Å². The molecule has 2 aromatic rings. The minimum atomic E-state index is -4.51. The molecular weight excluding hydrogens is 343 g/mol. The van der Waals surface area contributed by atoms with Crippen molar-refractivity contribution in [2.75, 3.05) is 13.1 Å². The topological polar surface area (TPSA) is 38.1 Å². The van der Waals surface area contributed by atoms with Crippen molar-refractivity contribution in [1.29, 1.82) is 0 Å². The van der Waals surface area contributed by atoms with Crippen LogP contribution in [0.5, 0.6) is 0 Å². The zero-order valence-electron chi connectivity index (χ0n) is 14.7. The first kappa shape index (κ1) is 18.5. The van der Waals surface area contributed by atoms with Gasteiger partial charge in [0.25, 0.3) is 5.91 Å². The first-order valence-corrected chi connectivity index (χ1v) is 8.79. The van der Waals surface area contributed by atoms with Gasteiger partial charge in [-0.3, -0.25) is 9.48 Å². The van der Waals surface area contributed by atoms with Crippen molar-refractivity contribution in [2.24, 2.45) is 13.0 Å². The van der Waals surface area contributed by atoms with Gasteiger partial charge in [0.2, 0.25) is 0 Å². The Balaban J connectivity index is 1.54. The van der Waals surface area contributed by atoms with E-state index in [-0.39, 0.29) is 5.69 Å². The van der Waals surface area contributed by atoms with Crippen LogP contribution >= 0.6 is 0 Å². The van der Waals surface area contributed by atoms with Crippen LogP contribution < -0.4 is 0 Å². The van der Waals surface area contributed by atoms with Crippen LogP contribution in [-0.4, -0.2) is 33.7 Å². The van der Waals surface area contributed by atoms with E-state index in [0.29, 0.717) is 19.0 Å². The predicted molar refractivity (Wildman–Crippen MR) is 91.6 cm³/mol. The fourth-order valence-electron chi connectivity index (χ4n) is 3.44. The van der Waals surface area contributed by atoms with Gasteiger partial charge in [0.1, 0.15) is 5.69 Å². The highest BCUT2D eigenvalue weighted by Gasteiger charge is 2.36. The fourth-order valence-corrected chi connectivity index (χ4v) is 3.44. The van der Waals surface area contributed by atoms with Crippen LogP contribution in [0.3, 0.4) is 0 Å². The minimum absolute atomic E-state index is 0.137. The highest BCUT2D eigenvalue weighted by Crippen LogP contribution is 2.30. The molecule has 4 nitrogen and oxygen atoms in total. The number of benzene rings is 1. The number of aryl methyl sites for hydroxylation is 2. The third-order valence-electron chi connectivity index (χ3n) is 4.98. The molecule has 7 heteroatoms. The summed E-state index contributed by atoms with van der Waals surface area (Å²) in [5.74, 6) is 0.117. The lowest BCUT2D eigenvalue weighted by molar-refractivity contribution is -0.143. The molecule has 0 saturated carbocycles. The monoisotopic (exact) mass is 365 g/mol. The maximum Gasteiger partial charge on any atom is 0.433 e. The summed E-state index contributed by atoms with van der Waals surface area (Å²) in [6.45, 7) is 1.13. The van der Waals surface area contributed by atoms with E-state index in [1.54, 1.807) is 4.90 Å². The van der Waals surface area contributed by atoms with Gasteiger partial charge in [-0.15, -0.1) is 0 Å². The molecule has 1 aromatic carbocycles. The third-order valence-corrected chi connectivity index (χ3v) is 4.98. The molecule has 0 radical (unpaired) electrons. The van der Waals surface area contributed by atoms with Gasteiger partial charge in [-0.2, -0.15) is 18.3 Å². The number of likely N-dealkylation sites (tertiary alicyclic amines) is 1. The Bertz CT molecular complexity index is 747. The Morgan fingerprint density at radius 3 is 2.42 bits per heavy atom. The average molecular weight is 365 g/mol. The summed E-state index contributed by atoms with van der Waals surface area (Å²) in [5, 5.41) is 3.75. The summed E-state index contributed by atoms with van der Waals surface area (Å²) in [7, 11) is 1.20. The summed E-state index contributed by atoms with van der Waals surface area (Å²) in [6, 6.07) is 11.1. The summed E-state index contributed by atoms with van der Waals surface area (Å²) >= 11 is 0. The van der Waals surface area contributed by atoms with Gasteiger partial charge >= 0.3 is 6.18 Å². The summed E-state index contributed by atoms with van der Waals surface area (Å²) in [4.78, 5) is 14.1. The Morgan fingerprint density at radius 1 is 1.19 bits per heavy atom. The molecule has 0 atom stereocenters. The molecule has 26 heavy (non-hydrogen) atoms. The maximum absolute atomic E-state index is 12.9. The first-order chi connectivity index (χ1) is 12.3. The van der Waals surface area contributed by atoms with E-state index in [0.717, 1.165) is 36.4 Å². The van der Waals surface area contributed by atoms with Gasteiger partial charge in [0, 0.05) is 26.2 Å². The average Bonchev–Trinajstić information content (AvgIpc) is 3.03. The second-order valence-corrected chi connectivity index (χ2v) is 6.80. The van der Waals surface area contributed by atoms with Gasteiger partial charge in [0.05, 0.1) is 0 Å². The van der Waals surface area contributed by atoms with Crippen molar-refractivity contribution >= 4 is 5.91 Å². The van der Waals surface area contributed by atoms with Crippen LogP contribution in [0.2, 0.25) is 0 Å². The molecule has 1 amide bonds. The van der Waals surface area contributed by atoms with Crippen molar-refractivity contribution in [3.05, 3.63) is 53.3 Å². The molecule has 0 unspecified atom stereocenters. The Kier molecular flexibility index (Phi) is 5.34. The lowest BCUT2D eigenvalue weighted by Gasteiger charge is -2.31. The second kappa shape index (κ2) is 7.51. The fraction of sp³-hybridized carbons (Fsp3) is 0.474. The molecule has 0 aliphatic carbocycles. The smallest absolute Gasteiger partial charge is 0.337 e. The molecule has 3 rings (SSSR count). The SMILES string of the molecule is Cn1nc(C(=O)N2CCC(CCc3ccccc3)CC2)cc1C(F)(F)F. The Morgan fingerprint density at radius 2 is 1.85 bits per heavy atom. The molecule has 2 heterocycles. The molecule has 1 saturated heterocycles. The number of amides is 1. The molecular formula is C19H22F3N3O. The Hall–Kier alpha value is -2.31. The number of nitrogens with zero attached hydrogens (tertiary/aromatic N) is 3. The first-order valence-electron chi connectivity index (χ1n) is 8.79. The van der Waals surface area contributed by atoms with Gasteiger partial charge in [0.15, 0.2) is 5.69 Å². The van der Waals surface area contributed by atoms with Crippen LogP contribution in [0.4, 0.5) is 13.2 Å². The molecule has 0 spiro atoms. The number of piperidine rings is 1. The highest BCUT2D eigenvalue weighted by atomic mass is 19.4. The van der Waals surface area contributed by atoms with Crippen LogP contribution in [0, 0.1) is 5.92 Å². The zero-order chi connectivity index (χ0) is 18.7. The number of aromatic nitrogens is 2. The maximum atomic E-state index is 12.9. The van der Waals surface area contributed by atoms with Crippen molar-refractivity contribution in [1.82, 2.24) is 14.7 Å². The lowest BCUT2D eigenvalue weighted by Crippen LogP contribution is -2.38. The van der Waals surface area contributed by atoms with E-state index >= 15 is 0 Å². The number of hydrogen-bond donors (Lipinski definition) is 0. The molecule has 1 fully saturated rings. The van der Waals surface area contributed by atoms with Gasteiger partial charge < -0.3 is 4.90 Å². The quantitative estimate of drug-likeness (QED) is 0.824. The van der Waals surface area contributed by atoms with Crippen LogP contribution in [0.25, 0.3) is 0 Å². The third kappa shape index (κ3) is 4.26. The van der Waals surface area contributed by atoms with E-state index in [1.807, 2.05) is 18.2 Å². The summed E-state index contributed by atoms with van der Waals surface area (Å²) < 4.78 is 39.3. The Labute approximate surface area is 150 Å². The predicted octanol–water partition coefficient (Wildman–Crippen LogP) is 3.92. The van der Waals surface area contributed by atoms with E-state index in [1.165, 1.54) is 12.6 Å². The van der Waals surface area contributed by atoms with Crippen LogP contribution in [0.15, 0.2) is 36.4 Å². The zero-order valence-corrected chi connectivity index (χ0v) is 14.7. The normalized spacial score (nSPS) is 16.1. The van der Waals surface area contributed by atoms with Crippen molar-refractivity contribution in [3.63, 3.8) is 0 Å². The van der Waals surface area contributed by atoms with E-state index in [9.17, 15) is 18.0 Å². The number of rotatable bonds is 4. The molecule has 1 aliphatic rings. The number of halogens is 3. The highest BCUT2D eigenvalue weighted by molar-refractivity contribution is 5.92. The number of carbonyl (C=O) groups excluding carboxylic acids is 1. The molecule has 0 N–H and O–H groups in total. The van der Waals surface area contributed by atoms with Crippen LogP contribution in [0.1, 0.15) is 41.0 Å². The van der Waals surface area contributed by atoms with E-state index in [4.69, 9.17) is 0 Å². The minimum Gasteiger partial charge on any atom is -0.337 e. The number of alkyl halides is 3. The van der Waals surface area contributed by atoms with Gasteiger partial charge in [-0.1, -0.05) is 30.3 Å². The second-order valence-electron chi connectivity index (χ2n) is 6.80. The van der Waals surface area contributed by atoms with Gasteiger partial charge in [-0.25, -0.2) is 0 Å². The van der Waals surface area contributed by atoms with Crippen molar-refractivity contribution in [2.45, 2.75) is 31.9 Å². The number of carbonyl (C=O) groups is 1. The van der Waals surface area contributed by atoms with E-state index in [2.05, 4.69) is 17.2 Å². The molecule has 0 bridgehead atoms. The molecule has 140 valence electrons. The summed E-state index contributed by atoms with van der Waals surface area (Å²) in [6.07, 6.45) is -0.692.